The molecule has 3 rings (SSSR count). The second kappa shape index (κ2) is 5.54. The van der Waals surface area contributed by atoms with Gasteiger partial charge < -0.3 is 20.5 Å². The lowest BCUT2D eigenvalue weighted by Gasteiger charge is -2.19. The van der Waals surface area contributed by atoms with E-state index in [1.54, 1.807) is 30.3 Å². The number of fused-ring (bicyclic) bond motifs is 1. The zero-order valence-corrected chi connectivity index (χ0v) is 11.8. The van der Waals surface area contributed by atoms with E-state index >= 15 is 0 Å². The molecule has 3 N–H and O–H groups in total. The van der Waals surface area contributed by atoms with E-state index in [4.69, 9.17) is 26.8 Å². The zero-order chi connectivity index (χ0) is 14.8. The van der Waals surface area contributed by atoms with Crippen molar-refractivity contribution in [2.45, 2.75) is 0 Å². The minimum atomic E-state index is -0.327. The molecule has 0 bridgehead atoms. The predicted molar refractivity (Wildman–Crippen MR) is 81.2 cm³/mol. The van der Waals surface area contributed by atoms with Gasteiger partial charge in [0.2, 0.25) is 0 Å². The summed E-state index contributed by atoms with van der Waals surface area (Å²) in [7, 11) is 0. The molecule has 6 heteroatoms. The molecule has 0 saturated carbocycles. The van der Waals surface area contributed by atoms with Gasteiger partial charge in [0, 0.05) is 22.5 Å². The Kier molecular flexibility index (Phi) is 3.58. The van der Waals surface area contributed by atoms with Crippen LogP contribution in [0.4, 0.5) is 11.4 Å². The topological polar surface area (TPSA) is 73.6 Å². The van der Waals surface area contributed by atoms with Crippen LogP contribution in [-0.2, 0) is 0 Å². The number of benzene rings is 2. The van der Waals surface area contributed by atoms with E-state index in [1.165, 1.54) is 6.07 Å². The molecule has 1 aliphatic rings. The Balaban J connectivity index is 1.83. The molecule has 0 unspecified atom stereocenters. The van der Waals surface area contributed by atoms with Gasteiger partial charge in [-0.1, -0.05) is 11.6 Å². The highest BCUT2D eigenvalue weighted by Crippen LogP contribution is 2.32. The first kappa shape index (κ1) is 13.6. The third-order valence-corrected chi connectivity index (χ3v) is 3.30. The van der Waals surface area contributed by atoms with E-state index in [9.17, 15) is 4.79 Å². The lowest BCUT2D eigenvalue weighted by molar-refractivity contribution is 0.102. The average Bonchev–Trinajstić information content (AvgIpc) is 2.49. The van der Waals surface area contributed by atoms with Crippen molar-refractivity contribution in [2.24, 2.45) is 0 Å². The molecule has 0 radical (unpaired) electrons. The smallest absolute Gasteiger partial charge is 0.257 e. The van der Waals surface area contributed by atoms with Gasteiger partial charge in [0.1, 0.15) is 13.2 Å². The van der Waals surface area contributed by atoms with Crippen molar-refractivity contribution in [3.63, 3.8) is 0 Å². The molecule has 5 nitrogen and oxygen atoms in total. The van der Waals surface area contributed by atoms with Crippen molar-refractivity contribution in [1.82, 2.24) is 0 Å². The molecule has 2 aromatic rings. The number of nitrogen functional groups attached to an aromatic ring is 1. The van der Waals surface area contributed by atoms with E-state index in [2.05, 4.69) is 5.32 Å². The first-order valence-electron chi connectivity index (χ1n) is 6.39. The number of halogens is 1. The lowest BCUT2D eigenvalue weighted by atomic mass is 10.1. The molecule has 0 spiro atoms. The number of anilines is 2. The van der Waals surface area contributed by atoms with E-state index in [1.807, 2.05) is 0 Å². The molecule has 0 aliphatic carbocycles. The minimum Gasteiger partial charge on any atom is -0.486 e. The number of nitrogens with two attached hydrogens (primary N) is 1. The Morgan fingerprint density at radius 1 is 1.10 bits per heavy atom. The zero-order valence-electron chi connectivity index (χ0n) is 11.1. The molecular formula is C15H13ClN2O3. The quantitative estimate of drug-likeness (QED) is 0.837. The van der Waals surface area contributed by atoms with Crippen molar-refractivity contribution >= 4 is 28.9 Å². The van der Waals surface area contributed by atoms with Crippen molar-refractivity contribution in [3.8, 4) is 11.5 Å². The second-order valence-electron chi connectivity index (χ2n) is 4.54. The summed E-state index contributed by atoms with van der Waals surface area (Å²) in [5, 5.41) is 3.22. The van der Waals surface area contributed by atoms with Crippen LogP contribution >= 0.6 is 11.6 Å². The van der Waals surface area contributed by atoms with Crippen LogP contribution in [0.25, 0.3) is 0 Å². The Labute approximate surface area is 126 Å². The average molecular weight is 305 g/mol. The molecule has 21 heavy (non-hydrogen) atoms. The number of rotatable bonds is 2. The van der Waals surface area contributed by atoms with Crippen LogP contribution in [0.5, 0.6) is 11.5 Å². The van der Waals surface area contributed by atoms with Gasteiger partial charge in [0.05, 0.1) is 5.56 Å². The highest BCUT2D eigenvalue weighted by Gasteiger charge is 2.14. The van der Waals surface area contributed by atoms with Crippen LogP contribution in [0, 0.1) is 0 Å². The highest BCUT2D eigenvalue weighted by atomic mass is 35.5. The molecule has 1 aliphatic heterocycles. The van der Waals surface area contributed by atoms with Gasteiger partial charge in [-0.25, -0.2) is 0 Å². The fourth-order valence-electron chi connectivity index (χ4n) is 2.04. The molecule has 0 fully saturated rings. The number of nitrogens with one attached hydrogen (secondary N) is 1. The maximum absolute atomic E-state index is 12.2. The summed E-state index contributed by atoms with van der Waals surface area (Å²) in [5.41, 5.74) is 7.09. The fourth-order valence-corrected chi connectivity index (χ4v) is 2.22. The van der Waals surface area contributed by atoms with Crippen molar-refractivity contribution < 1.29 is 14.3 Å². The molecule has 0 atom stereocenters. The SMILES string of the molecule is Nc1ccc(Cl)cc1C(=O)Nc1ccc2c(c1)OCCO2. The van der Waals surface area contributed by atoms with Crippen LogP contribution < -0.4 is 20.5 Å². The third kappa shape index (κ3) is 2.87. The Bertz CT molecular complexity index is 703. The summed E-state index contributed by atoms with van der Waals surface area (Å²) in [6.45, 7) is 1.02. The Morgan fingerprint density at radius 2 is 1.86 bits per heavy atom. The summed E-state index contributed by atoms with van der Waals surface area (Å²) < 4.78 is 10.9. The summed E-state index contributed by atoms with van der Waals surface area (Å²) in [6.07, 6.45) is 0. The number of amides is 1. The maximum atomic E-state index is 12.2. The van der Waals surface area contributed by atoms with Crippen molar-refractivity contribution in [1.29, 1.82) is 0 Å². The Morgan fingerprint density at radius 3 is 2.67 bits per heavy atom. The lowest BCUT2D eigenvalue weighted by Crippen LogP contribution is -2.17. The maximum Gasteiger partial charge on any atom is 0.257 e. The number of ether oxygens (including phenoxy) is 2. The van der Waals surface area contributed by atoms with E-state index in [-0.39, 0.29) is 5.91 Å². The molecular weight excluding hydrogens is 292 g/mol. The molecule has 2 aromatic carbocycles. The molecule has 0 saturated heterocycles. The number of hydrogen-bond acceptors (Lipinski definition) is 4. The highest BCUT2D eigenvalue weighted by molar-refractivity contribution is 6.31. The number of hydrogen-bond donors (Lipinski definition) is 2. The van der Waals surface area contributed by atoms with Gasteiger partial charge in [-0.15, -0.1) is 0 Å². The van der Waals surface area contributed by atoms with Gasteiger partial charge in [0.25, 0.3) is 5.91 Å². The number of carbonyl (C=O) groups is 1. The van der Waals surface area contributed by atoms with E-state index < -0.39 is 0 Å². The fraction of sp³-hybridized carbons (Fsp3) is 0.133. The molecule has 1 amide bonds. The normalized spacial score (nSPS) is 12.8. The third-order valence-electron chi connectivity index (χ3n) is 3.06. The summed E-state index contributed by atoms with van der Waals surface area (Å²) in [5.74, 6) is 0.950. The monoisotopic (exact) mass is 304 g/mol. The van der Waals surface area contributed by atoms with Gasteiger partial charge in [0.15, 0.2) is 11.5 Å². The summed E-state index contributed by atoms with van der Waals surface area (Å²) >= 11 is 5.89. The van der Waals surface area contributed by atoms with Crippen molar-refractivity contribution in [2.75, 3.05) is 24.3 Å². The molecule has 108 valence electrons. The van der Waals surface area contributed by atoms with Gasteiger partial charge in [-0.3, -0.25) is 4.79 Å². The van der Waals surface area contributed by atoms with Gasteiger partial charge in [-0.05, 0) is 30.3 Å². The summed E-state index contributed by atoms with van der Waals surface area (Å²) in [6, 6.07) is 9.98. The van der Waals surface area contributed by atoms with Crippen LogP contribution in [0.3, 0.4) is 0 Å². The number of carbonyl (C=O) groups excluding carboxylic acids is 1. The van der Waals surface area contributed by atoms with Gasteiger partial charge >= 0.3 is 0 Å². The van der Waals surface area contributed by atoms with E-state index in [0.29, 0.717) is 46.7 Å². The summed E-state index contributed by atoms with van der Waals surface area (Å²) in [4.78, 5) is 12.2. The van der Waals surface area contributed by atoms with Gasteiger partial charge in [-0.2, -0.15) is 0 Å². The van der Waals surface area contributed by atoms with Crippen LogP contribution in [-0.4, -0.2) is 19.1 Å². The molecule has 0 aromatic heterocycles. The predicted octanol–water partition coefficient (Wildman–Crippen LogP) is 2.95. The minimum absolute atomic E-state index is 0.327. The Hall–Kier alpha value is -2.40. The first-order valence-corrected chi connectivity index (χ1v) is 6.77. The first-order chi connectivity index (χ1) is 10.1. The van der Waals surface area contributed by atoms with Crippen LogP contribution in [0.15, 0.2) is 36.4 Å². The largest absolute Gasteiger partial charge is 0.486 e. The van der Waals surface area contributed by atoms with Crippen LogP contribution in [0.1, 0.15) is 10.4 Å². The van der Waals surface area contributed by atoms with Crippen LogP contribution in [0.2, 0.25) is 5.02 Å². The van der Waals surface area contributed by atoms with E-state index in [0.717, 1.165) is 0 Å². The molecule has 1 heterocycles. The second-order valence-corrected chi connectivity index (χ2v) is 4.98. The standard InChI is InChI=1S/C15H13ClN2O3/c16-9-1-3-12(17)11(7-9)15(19)18-10-2-4-13-14(8-10)21-6-5-20-13/h1-4,7-8H,5-6,17H2,(H,18,19). The van der Waals surface area contributed by atoms with Crippen molar-refractivity contribution in [3.05, 3.63) is 47.0 Å².